The van der Waals surface area contributed by atoms with E-state index in [1.807, 2.05) is 0 Å². The predicted octanol–water partition coefficient (Wildman–Crippen LogP) is 1.79. The molecule has 0 unspecified atom stereocenters. The van der Waals surface area contributed by atoms with Crippen LogP contribution in [0.25, 0.3) is 0 Å². The standard InChI is InChI=1S/CCl2.ClH.Pd/c2-1-3;;/h;1H;/q;;+1/p-1. The van der Waals surface area contributed by atoms with Crippen LogP contribution in [0.5, 0.6) is 0 Å². The van der Waals surface area contributed by atoms with Gasteiger partial charge in [-0.25, -0.2) is 0 Å². The summed E-state index contributed by atoms with van der Waals surface area (Å²) in [4.78, 5) is 0. The van der Waals surface area contributed by atoms with Crippen LogP contribution >= 0.6 is 32.7 Å². The molecule has 5 heavy (non-hydrogen) atoms. The Balaban J connectivity index is 3.14. The fraction of sp³-hybridized carbons (Fsp3) is 0. The summed E-state index contributed by atoms with van der Waals surface area (Å²) in [6.07, 6.45) is 0. The van der Waals surface area contributed by atoms with Crippen molar-refractivity contribution in [3.63, 3.8) is 0 Å². The van der Waals surface area contributed by atoms with Crippen LogP contribution in [0.2, 0.25) is 0 Å². The van der Waals surface area contributed by atoms with Gasteiger partial charge in [-0.3, -0.25) is 0 Å². The summed E-state index contributed by atoms with van der Waals surface area (Å²) in [5.41, 5.74) is 0. The zero-order valence-corrected chi connectivity index (χ0v) is 5.77. The Morgan fingerprint density at radius 3 is 1.60 bits per heavy atom. The van der Waals surface area contributed by atoms with E-state index in [4.69, 9.17) is 32.7 Å². The molecule has 4 heteroatoms. The Morgan fingerprint density at radius 2 is 1.60 bits per heavy atom. The molecule has 0 spiro atoms. The van der Waals surface area contributed by atoms with Crippen LogP contribution in [0, 0.1) is 0 Å². The van der Waals surface area contributed by atoms with Crippen LogP contribution < -0.4 is 0 Å². The number of rotatable bonds is 0. The maximum atomic E-state index is 5.09. The molecule has 0 radical (unpaired) electrons. The predicted molar refractivity (Wildman–Crippen MR) is 22.6 cm³/mol. The fourth-order valence-electron chi connectivity index (χ4n) is 0. The summed E-state index contributed by atoms with van der Waals surface area (Å²) in [5.74, 6) is 0. The Kier molecular flexibility index (Phi) is 4.59. The topological polar surface area (TPSA) is 0 Å². The van der Waals surface area contributed by atoms with Crippen molar-refractivity contribution in [2.24, 2.45) is 0 Å². The number of hydrogen-bond acceptors (Lipinski definition) is 0. The summed E-state index contributed by atoms with van der Waals surface area (Å²) in [5, 5.41) is 0. The third-order valence-electron chi connectivity index (χ3n) is 0.0452. The van der Waals surface area contributed by atoms with Crippen molar-refractivity contribution in [2.45, 2.75) is 0 Å². The van der Waals surface area contributed by atoms with Gasteiger partial charge in [0.2, 0.25) is 0 Å². The maximum absolute atomic E-state index is 5.09. The van der Waals surface area contributed by atoms with Gasteiger partial charge in [-0.1, -0.05) is 0 Å². The van der Waals surface area contributed by atoms with Crippen molar-refractivity contribution >= 4 is 35.6 Å². The molecular formula is CCl3Pd. The van der Waals surface area contributed by atoms with Gasteiger partial charge in [0.1, 0.15) is 0 Å². The minimum absolute atomic E-state index is 0.119. The van der Waals surface area contributed by atoms with Crippen molar-refractivity contribution < 1.29 is 16.5 Å². The zero-order valence-electron chi connectivity index (χ0n) is 1.95. The van der Waals surface area contributed by atoms with E-state index in [-0.39, 0.29) is 19.4 Å². The molecule has 0 aromatic rings. The van der Waals surface area contributed by atoms with Gasteiger partial charge >= 0.3 is 52.1 Å². The molecule has 0 nitrogen and oxygen atoms in total. The molecular weight excluding hydrogens is 225 g/mol. The summed E-state index contributed by atoms with van der Waals surface area (Å²) < 4.78 is 0.265. The van der Waals surface area contributed by atoms with Crippen molar-refractivity contribution in [1.82, 2.24) is 0 Å². The molecule has 0 saturated heterocycles. The van der Waals surface area contributed by atoms with E-state index in [1.54, 1.807) is 0 Å². The first-order valence-corrected chi connectivity index (χ1v) is 4.19. The first kappa shape index (κ1) is 6.40. The van der Waals surface area contributed by atoms with Crippen molar-refractivity contribution in [3.05, 3.63) is 0 Å². The van der Waals surface area contributed by atoms with Gasteiger partial charge in [0, 0.05) is 0 Å². The van der Waals surface area contributed by atoms with E-state index in [0.717, 1.165) is 0 Å². The average Bonchev–Trinajstić information content (AvgIpc) is 1.38. The molecule has 0 bridgehead atoms. The van der Waals surface area contributed by atoms with Gasteiger partial charge < -0.3 is 0 Å². The molecule has 0 rings (SSSR count). The quantitative estimate of drug-likeness (QED) is 0.551. The molecule has 0 aliphatic heterocycles. The van der Waals surface area contributed by atoms with Crippen LogP contribution in [-0.4, -0.2) is 2.90 Å². The van der Waals surface area contributed by atoms with E-state index >= 15 is 0 Å². The minimum atomic E-state index is -0.119. The molecule has 0 fully saturated rings. The van der Waals surface area contributed by atoms with Crippen LogP contribution in [0.3, 0.4) is 0 Å². The van der Waals surface area contributed by atoms with Crippen molar-refractivity contribution in [2.75, 3.05) is 0 Å². The molecule has 0 N–H and O–H groups in total. The first-order valence-electron chi connectivity index (χ1n) is 0.656. The SMILES string of the molecule is [Cl][Pd]=[C](Cl)Cl. The molecule has 0 saturated carbocycles. The fourth-order valence-corrected chi connectivity index (χ4v) is 0. The Hall–Kier alpha value is 1.40. The van der Waals surface area contributed by atoms with E-state index in [2.05, 4.69) is 0 Å². The molecule has 0 aliphatic carbocycles. The number of hydrogen-bond donors (Lipinski definition) is 0. The molecule has 0 aromatic heterocycles. The molecule has 0 aromatic carbocycles. The Morgan fingerprint density at radius 1 is 1.40 bits per heavy atom. The van der Waals surface area contributed by atoms with Gasteiger partial charge in [-0.2, -0.15) is 0 Å². The van der Waals surface area contributed by atoms with Crippen molar-refractivity contribution in [3.8, 4) is 0 Å². The monoisotopic (exact) mass is 223 g/mol. The molecule has 0 atom stereocenters. The second kappa shape index (κ2) is 3.59. The van der Waals surface area contributed by atoms with E-state index in [0.29, 0.717) is 0 Å². The van der Waals surface area contributed by atoms with Crippen molar-refractivity contribution in [1.29, 1.82) is 0 Å². The number of halogens is 3. The molecule has 35 valence electrons. The third kappa shape index (κ3) is 5.40. The second-order valence-electron chi connectivity index (χ2n) is 0.251. The van der Waals surface area contributed by atoms with E-state index in [9.17, 15) is 0 Å². The van der Waals surface area contributed by atoms with E-state index in [1.165, 1.54) is 0 Å². The van der Waals surface area contributed by atoms with Gasteiger partial charge in [0.15, 0.2) is 0 Å². The summed E-state index contributed by atoms with van der Waals surface area (Å²) in [7, 11) is 5.09. The van der Waals surface area contributed by atoms with Gasteiger partial charge in [0.05, 0.1) is 0 Å². The Bertz CT molecular complexity index is 44.9. The van der Waals surface area contributed by atoms with E-state index < -0.39 is 0 Å². The van der Waals surface area contributed by atoms with Crippen LogP contribution in [-0.2, 0) is 16.5 Å². The van der Waals surface area contributed by atoms with Gasteiger partial charge in [0.25, 0.3) is 0 Å². The summed E-state index contributed by atoms with van der Waals surface area (Å²) in [6, 6.07) is 0. The van der Waals surface area contributed by atoms with Crippen LogP contribution in [0.4, 0.5) is 0 Å². The van der Waals surface area contributed by atoms with Gasteiger partial charge in [-0.05, 0) is 0 Å². The zero-order chi connectivity index (χ0) is 4.28. The summed E-state index contributed by atoms with van der Waals surface area (Å²) >= 11 is 9.95. The van der Waals surface area contributed by atoms with Crippen LogP contribution in [0.15, 0.2) is 0 Å². The normalized spacial score (nSPS) is 8.60. The van der Waals surface area contributed by atoms with Crippen LogP contribution in [0.1, 0.15) is 0 Å². The molecule has 0 aliphatic rings. The van der Waals surface area contributed by atoms with Gasteiger partial charge in [-0.15, -0.1) is 0 Å². The Labute approximate surface area is 52.0 Å². The molecule has 0 heterocycles. The molecule has 0 amide bonds. The first-order chi connectivity index (χ1) is 2.27. The summed E-state index contributed by atoms with van der Waals surface area (Å²) in [6.45, 7) is 0. The second-order valence-corrected chi connectivity index (χ2v) is 3.82. The average molecular weight is 225 g/mol. The third-order valence-corrected chi connectivity index (χ3v) is 2.41.